The van der Waals surface area contributed by atoms with Gasteiger partial charge < -0.3 is 15.4 Å². The molecule has 2 aromatic rings. The largest absolute Gasteiger partial charge is 0.385 e. The number of nitrogens with one attached hydrogen (secondary N) is 2. The third-order valence-corrected chi connectivity index (χ3v) is 3.73. The van der Waals surface area contributed by atoms with Crippen molar-refractivity contribution in [2.75, 3.05) is 19.5 Å². The maximum Gasteiger partial charge on any atom is 0.271 e. The summed E-state index contributed by atoms with van der Waals surface area (Å²) in [4.78, 5) is 16.5. The highest BCUT2D eigenvalue weighted by Crippen LogP contribution is 2.23. The van der Waals surface area contributed by atoms with E-state index in [9.17, 15) is 4.79 Å². The Bertz CT molecular complexity index is 637. The van der Waals surface area contributed by atoms with Gasteiger partial charge in [-0.25, -0.2) is 9.50 Å². The van der Waals surface area contributed by atoms with Crippen LogP contribution in [-0.4, -0.2) is 46.8 Å². The van der Waals surface area contributed by atoms with Crippen LogP contribution in [0.15, 0.2) is 18.5 Å². The fourth-order valence-corrected chi connectivity index (χ4v) is 2.40. The molecule has 2 heterocycles. The van der Waals surface area contributed by atoms with Gasteiger partial charge in [0.25, 0.3) is 5.91 Å². The Morgan fingerprint density at radius 1 is 1.50 bits per heavy atom. The number of hydrogen-bond acceptors (Lipinski definition) is 5. The molecule has 1 aliphatic rings. The van der Waals surface area contributed by atoms with Gasteiger partial charge in [0.15, 0.2) is 11.3 Å². The van der Waals surface area contributed by atoms with E-state index in [1.165, 1.54) is 0 Å². The normalized spacial score (nSPS) is 21.5. The molecule has 1 aliphatic carbocycles. The van der Waals surface area contributed by atoms with E-state index >= 15 is 0 Å². The molecule has 2 aromatic heterocycles. The number of carbonyl (C=O) groups is 1. The van der Waals surface area contributed by atoms with Gasteiger partial charge in [-0.3, -0.25) is 4.79 Å². The van der Waals surface area contributed by atoms with Crippen LogP contribution >= 0.6 is 0 Å². The lowest BCUT2D eigenvalue weighted by Crippen LogP contribution is -2.51. The Hall–Kier alpha value is -2.15. The summed E-state index contributed by atoms with van der Waals surface area (Å²) in [6, 6.07) is 1.89. The number of rotatable bonds is 4. The summed E-state index contributed by atoms with van der Waals surface area (Å²) in [6.07, 6.45) is 5.21. The highest BCUT2D eigenvalue weighted by molar-refractivity contribution is 5.94. The van der Waals surface area contributed by atoms with Crippen LogP contribution < -0.4 is 10.6 Å². The molecule has 0 bridgehead atoms. The van der Waals surface area contributed by atoms with Crippen LogP contribution in [0.4, 0.5) is 5.69 Å². The summed E-state index contributed by atoms with van der Waals surface area (Å²) >= 11 is 0. The van der Waals surface area contributed by atoms with Gasteiger partial charge in [0, 0.05) is 14.2 Å². The predicted molar refractivity (Wildman–Crippen MR) is 73.8 cm³/mol. The van der Waals surface area contributed by atoms with E-state index in [-0.39, 0.29) is 18.1 Å². The number of carbonyl (C=O) groups excluding carboxylic acids is 1. The number of imidazole rings is 1. The SMILES string of the molecule is CNc1ccnn2c(C(=O)N[C@@H]3CC[C@H]3OC)cnc12. The number of fused-ring (bicyclic) bond motifs is 1. The van der Waals surface area contributed by atoms with Crippen molar-refractivity contribution in [3.63, 3.8) is 0 Å². The summed E-state index contributed by atoms with van der Waals surface area (Å²) in [5.74, 6) is -0.176. The molecule has 0 aliphatic heterocycles. The van der Waals surface area contributed by atoms with Crippen molar-refractivity contribution in [3.05, 3.63) is 24.2 Å². The number of ether oxygens (including phenoxy) is 1. The average molecular weight is 275 g/mol. The van der Waals surface area contributed by atoms with Crippen LogP contribution in [0.1, 0.15) is 23.3 Å². The number of hydrogen-bond donors (Lipinski definition) is 2. The second kappa shape index (κ2) is 5.09. The van der Waals surface area contributed by atoms with Gasteiger partial charge >= 0.3 is 0 Å². The Morgan fingerprint density at radius 2 is 2.35 bits per heavy atom. The van der Waals surface area contributed by atoms with Crippen LogP contribution in [-0.2, 0) is 4.74 Å². The van der Waals surface area contributed by atoms with E-state index in [1.807, 2.05) is 6.07 Å². The van der Waals surface area contributed by atoms with Gasteiger partial charge in [0.05, 0.1) is 30.2 Å². The molecule has 0 spiro atoms. The fraction of sp³-hybridized carbons (Fsp3) is 0.462. The summed E-state index contributed by atoms with van der Waals surface area (Å²) in [6.45, 7) is 0. The van der Waals surface area contributed by atoms with E-state index < -0.39 is 0 Å². The van der Waals surface area contributed by atoms with Crippen LogP contribution in [0.5, 0.6) is 0 Å². The molecular weight excluding hydrogens is 258 g/mol. The van der Waals surface area contributed by atoms with E-state index in [4.69, 9.17) is 4.74 Å². The van der Waals surface area contributed by atoms with E-state index in [0.29, 0.717) is 11.3 Å². The maximum absolute atomic E-state index is 12.3. The number of anilines is 1. The number of methoxy groups -OCH3 is 1. The summed E-state index contributed by atoms with van der Waals surface area (Å²) < 4.78 is 6.82. The lowest BCUT2D eigenvalue weighted by Gasteiger charge is -2.35. The van der Waals surface area contributed by atoms with Crippen molar-refractivity contribution in [2.45, 2.75) is 25.0 Å². The molecule has 20 heavy (non-hydrogen) atoms. The molecule has 2 N–H and O–H groups in total. The zero-order valence-corrected chi connectivity index (χ0v) is 11.5. The van der Waals surface area contributed by atoms with Crippen LogP contribution in [0.25, 0.3) is 5.65 Å². The van der Waals surface area contributed by atoms with Gasteiger partial charge in [-0.2, -0.15) is 5.10 Å². The van der Waals surface area contributed by atoms with E-state index in [0.717, 1.165) is 18.5 Å². The first-order valence-corrected chi connectivity index (χ1v) is 6.58. The first-order chi connectivity index (χ1) is 9.74. The van der Waals surface area contributed by atoms with Gasteiger partial charge in [-0.15, -0.1) is 0 Å². The highest BCUT2D eigenvalue weighted by Gasteiger charge is 2.32. The zero-order valence-electron chi connectivity index (χ0n) is 11.5. The fourth-order valence-electron chi connectivity index (χ4n) is 2.40. The van der Waals surface area contributed by atoms with E-state index in [2.05, 4.69) is 20.7 Å². The number of nitrogens with zero attached hydrogens (tertiary/aromatic N) is 3. The summed E-state index contributed by atoms with van der Waals surface area (Å²) in [5, 5.41) is 10.2. The van der Waals surface area contributed by atoms with Crippen molar-refractivity contribution in [3.8, 4) is 0 Å². The molecule has 1 fully saturated rings. The Kier molecular flexibility index (Phi) is 3.27. The molecule has 7 heteroatoms. The second-order valence-electron chi connectivity index (χ2n) is 4.81. The van der Waals surface area contributed by atoms with Gasteiger partial charge in [-0.05, 0) is 18.9 Å². The Labute approximate surface area is 116 Å². The van der Waals surface area contributed by atoms with Crippen LogP contribution in [0.3, 0.4) is 0 Å². The molecule has 0 radical (unpaired) electrons. The smallest absolute Gasteiger partial charge is 0.271 e. The maximum atomic E-state index is 12.3. The second-order valence-corrected chi connectivity index (χ2v) is 4.81. The third-order valence-electron chi connectivity index (χ3n) is 3.73. The van der Waals surface area contributed by atoms with Crippen molar-refractivity contribution < 1.29 is 9.53 Å². The lowest BCUT2D eigenvalue weighted by molar-refractivity contribution is 0.00717. The molecular formula is C13H17N5O2. The molecule has 0 aromatic carbocycles. The molecule has 1 saturated carbocycles. The molecule has 1 amide bonds. The molecule has 3 rings (SSSR count). The predicted octanol–water partition coefficient (Wildman–Crippen LogP) is 0.678. The van der Waals surface area contributed by atoms with Crippen molar-refractivity contribution in [1.82, 2.24) is 19.9 Å². The standard InChI is InChI=1S/C13H17N5O2/c1-14-9-5-6-16-18-10(7-15-12(9)18)13(19)17-8-3-4-11(8)20-2/h5-8,11,14H,3-4H2,1-2H3,(H,17,19)/t8-,11-/m1/s1. The summed E-state index contributed by atoms with van der Waals surface area (Å²) in [7, 11) is 3.47. The van der Waals surface area contributed by atoms with Crippen molar-refractivity contribution >= 4 is 17.2 Å². The first-order valence-electron chi connectivity index (χ1n) is 6.58. The van der Waals surface area contributed by atoms with Crippen molar-refractivity contribution in [2.24, 2.45) is 0 Å². The Morgan fingerprint density at radius 3 is 3.00 bits per heavy atom. The lowest BCUT2D eigenvalue weighted by atomic mass is 9.89. The number of amides is 1. The summed E-state index contributed by atoms with van der Waals surface area (Å²) in [5.41, 5.74) is 1.90. The number of aromatic nitrogens is 3. The van der Waals surface area contributed by atoms with Gasteiger partial charge in [-0.1, -0.05) is 0 Å². The van der Waals surface area contributed by atoms with Crippen LogP contribution in [0.2, 0.25) is 0 Å². The topological polar surface area (TPSA) is 80.6 Å². The third kappa shape index (κ3) is 2.00. The molecule has 0 saturated heterocycles. The molecule has 106 valence electrons. The van der Waals surface area contributed by atoms with Gasteiger partial charge in [0.2, 0.25) is 0 Å². The molecule has 2 atom stereocenters. The minimum Gasteiger partial charge on any atom is -0.385 e. The average Bonchev–Trinajstić information content (AvgIpc) is 2.87. The first kappa shape index (κ1) is 12.9. The van der Waals surface area contributed by atoms with Crippen LogP contribution in [0, 0.1) is 0 Å². The quantitative estimate of drug-likeness (QED) is 0.857. The van der Waals surface area contributed by atoms with Gasteiger partial charge in [0.1, 0.15) is 0 Å². The highest BCUT2D eigenvalue weighted by atomic mass is 16.5. The molecule has 7 nitrogen and oxygen atoms in total. The molecule has 0 unspecified atom stereocenters. The Balaban J connectivity index is 1.85. The monoisotopic (exact) mass is 275 g/mol. The minimum absolute atomic E-state index is 0.0746. The zero-order chi connectivity index (χ0) is 14.1. The minimum atomic E-state index is -0.176. The van der Waals surface area contributed by atoms with E-state index in [1.54, 1.807) is 31.1 Å². The van der Waals surface area contributed by atoms with Crippen molar-refractivity contribution in [1.29, 1.82) is 0 Å².